The van der Waals surface area contributed by atoms with Crippen LogP contribution in [-0.2, 0) is 4.79 Å². The van der Waals surface area contributed by atoms with Crippen LogP contribution in [0.25, 0.3) is 10.4 Å². The topological polar surface area (TPSA) is 112 Å². The number of aromatic carboxylic acids is 1. The van der Waals surface area contributed by atoms with Crippen LogP contribution in [0.2, 0.25) is 5.02 Å². The second kappa shape index (κ2) is 11.1. The molecule has 0 bridgehead atoms. The molecule has 1 fully saturated rings. The maximum absolute atomic E-state index is 13.5. The Hall–Kier alpha value is -2.82. The van der Waals surface area contributed by atoms with Gasteiger partial charge in [0.15, 0.2) is 5.82 Å². The Morgan fingerprint density at radius 3 is 2.47 bits per heavy atom. The molecule has 3 aromatic heterocycles. The molecular formula is C25H27ClN4O4S2. The predicted octanol–water partition coefficient (Wildman–Crippen LogP) is 6.44. The van der Waals surface area contributed by atoms with E-state index in [1.165, 1.54) is 17.5 Å². The van der Waals surface area contributed by atoms with Crippen LogP contribution in [0.3, 0.4) is 0 Å². The molecule has 0 aliphatic heterocycles. The lowest BCUT2D eigenvalue weighted by Crippen LogP contribution is -2.42. The summed E-state index contributed by atoms with van der Waals surface area (Å²) in [6, 6.07) is 3.14. The number of aromatic nitrogens is 2. The van der Waals surface area contributed by atoms with Crippen molar-refractivity contribution in [1.82, 2.24) is 9.97 Å². The van der Waals surface area contributed by atoms with Crippen LogP contribution in [0.4, 0.5) is 11.5 Å². The third-order valence-electron chi connectivity index (χ3n) is 6.31. The molecule has 36 heavy (non-hydrogen) atoms. The number of pyridine rings is 1. The normalized spacial score (nSPS) is 17.7. The van der Waals surface area contributed by atoms with Crippen LogP contribution in [-0.4, -0.2) is 38.9 Å². The zero-order valence-corrected chi connectivity index (χ0v) is 22.5. The number of halogens is 1. The lowest BCUT2D eigenvalue weighted by Gasteiger charge is -2.33. The van der Waals surface area contributed by atoms with E-state index in [9.17, 15) is 19.5 Å². The zero-order chi connectivity index (χ0) is 26.0. The Balaban J connectivity index is 1.63. The molecule has 0 saturated heterocycles. The molecule has 0 spiro atoms. The third kappa shape index (κ3) is 5.61. The number of hydrogen-bond acceptors (Lipinski definition) is 7. The van der Waals surface area contributed by atoms with Gasteiger partial charge in [0.1, 0.15) is 10.6 Å². The van der Waals surface area contributed by atoms with Gasteiger partial charge in [0, 0.05) is 34.0 Å². The van der Waals surface area contributed by atoms with Gasteiger partial charge in [0.2, 0.25) is 5.91 Å². The molecule has 3 heterocycles. The lowest BCUT2D eigenvalue weighted by molar-refractivity contribution is -0.123. The SMILES string of the molecule is CC1CCC(C(=O)N(c2cc(-c3cnc(NC(=O)c4cscn4)c(Cl)c3)sc2C(=O)O)C(C)C)CC1. The van der Waals surface area contributed by atoms with Crippen LogP contribution >= 0.6 is 34.3 Å². The van der Waals surface area contributed by atoms with Gasteiger partial charge in [0.05, 0.1) is 16.2 Å². The summed E-state index contributed by atoms with van der Waals surface area (Å²) in [6.07, 6.45) is 5.15. The van der Waals surface area contributed by atoms with Gasteiger partial charge < -0.3 is 15.3 Å². The largest absolute Gasteiger partial charge is 0.477 e. The summed E-state index contributed by atoms with van der Waals surface area (Å²) in [7, 11) is 0. The number of amides is 2. The van der Waals surface area contributed by atoms with Crippen molar-refractivity contribution in [2.45, 2.75) is 52.5 Å². The van der Waals surface area contributed by atoms with Crippen LogP contribution in [0.15, 0.2) is 29.2 Å². The highest BCUT2D eigenvalue weighted by Gasteiger charge is 2.33. The smallest absolute Gasteiger partial charge is 0.348 e. The summed E-state index contributed by atoms with van der Waals surface area (Å²) in [5, 5.41) is 14.4. The Morgan fingerprint density at radius 1 is 1.17 bits per heavy atom. The maximum Gasteiger partial charge on any atom is 0.348 e. The van der Waals surface area contributed by atoms with Gasteiger partial charge in [-0.3, -0.25) is 9.59 Å². The second-order valence-corrected chi connectivity index (χ2v) is 11.4. The van der Waals surface area contributed by atoms with Gasteiger partial charge in [0.25, 0.3) is 5.91 Å². The fourth-order valence-corrected chi connectivity index (χ4v) is 6.09. The summed E-state index contributed by atoms with van der Waals surface area (Å²) < 4.78 is 0. The number of thiazole rings is 1. The molecule has 0 radical (unpaired) electrons. The van der Waals surface area contributed by atoms with E-state index < -0.39 is 11.9 Å². The van der Waals surface area contributed by atoms with E-state index in [0.717, 1.165) is 37.0 Å². The van der Waals surface area contributed by atoms with E-state index in [4.69, 9.17) is 11.6 Å². The molecule has 1 aliphatic rings. The van der Waals surface area contributed by atoms with Crippen molar-refractivity contribution in [2.24, 2.45) is 11.8 Å². The number of carbonyl (C=O) groups excluding carboxylic acids is 2. The van der Waals surface area contributed by atoms with Crippen LogP contribution in [0.1, 0.15) is 66.6 Å². The number of carboxylic acid groups (broad SMARTS) is 1. The summed E-state index contributed by atoms with van der Waals surface area (Å²) in [5.74, 6) is -0.865. The maximum atomic E-state index is 13.5. The molecule has 0 aromatic carbocycles. The number of nitrogens with one attached hydrogen (secondary N) is 1. The van der Waals surface area contributed by atoms with Gasteiger partial charge in [-0.1, -0.05) is 18.5 Å². The minimum atomic E-state index is -1.09. The molecule has 11 heteroatoms. The molecule has 1 saturated carbocycles. The fraction of sp³-hybridized carbons (Fsp3) is 0.400. The highest BCUT2D eigenvalue weighted by molar-refractivity contribution is 7.18. The minimum Gasteiger partial charge on any atom is -0.477 e. The Bertz CT molecular complexity index is 1270. The van der Waals surface area contributed by atoms with E-state index in [2.05, 4.69) is 22.2 Å². The van der Waals surface area contributed by atoms with Crippen molar-refractivity contribution in [1.29, 1.82) is 0 Å². The van der Waals surface area contributed by atoms with Gasteiger partial charge in [-0.25, -0.2) is 14.8 Å². The summed E-state index contributed by atoms with van der Waals surface area (Å²) >= 11 is 8.77. The van der Waals surface area contributed by atoms with Crippen molar-refractivity contribution in [3.8, 4) is 10.4 Å². The Morgan fingerprint density at radius 2 is 1.89 bits per heavy atom. The zero-order valence-electron chi connectivity index (χ0n) is 20.2. The molecule has 190 valence electrons. The number of carbonyl (C=O) groups is 3. The molecule has 1 aliphatic carbocycles. The highest BCUT2D eigenvalue weighted by Crippen LogP contribution is 2.40. The van der Waals surface area contributed by atoms with Crippen molar-refractivity contribution < 1.29 is 19.5 Å². The Kier molecular flexibility index (Phi) is 8.07. The molecular weight excluding hydrogens is 520 g/mol. The lowest BCUT2D eigenvalue weighted by atomic mass is 9.82. The first-order valence-electron chi connectivity index (χ1n) is 11.7. The van der Waals surface area contributed by atoms with Crippen LogP contribution < -0.4 is 10.2 Å². The monoisotopic (exact) mass is 546 g/mol. The minimum absolute atomic E-state index is 0.0278. The van der Waals surface area contributed by atoms with Gasteiger partial charge in [-0.2, -0.15) is 0 Å². The predicted molar refractivity (Wildman–Crippen MR) is 143 cm³/mol. The van der Waals surface area contributed by atoms with Crippen molar-refractivity contribution in [3.63, 3.8) is 0 Å². The van der Waals surface area contributed by atoms with E-state index in [0.29, 0.717) is 22.0 Å². The number of hydrogen-bond donors (Lipinski definition) is 2. The van der Waals surface area contributed by atoms with E-state index >= 15 is 0 Å². The average Bonchev–Trinajstić information content (AvgIpc) is 3.51. The Labute approximate surface area is 222 Å². The van der Waals surface area contributed by atoms with Crippen LogP contribution in [0.5, 0.6) is 0 Å². The van der Waals surface area contributed by atoms with E-state index in [1.807, 2.05) is 13.8 Å². The number of rotatable bonds is 7. The van der Waals surface area contributed by atoms with Crippen molar-refractivity contribution >= 4 is 63.6 Å². The summed E-state index contributed by atoms with van der Waals surface area (Å²) in [6.45, 7) is 5.98. The highest BCUT2D eigenvalue weighted by atomic mass is 35.5. The van der Waals surface area contributed by atoms with Crippen molar-refractivity contribution in [3.05, 3.63) is 44.8 Å². The molecule has 2 amide bonds. The molecule has 2 N–H and O–H groups in total. The fourth-order valence-electron chi connectivity index (χ4n) is 4.37. The second-order valence-electron chi connectivity index (χ2n) is 9.27. The summed E-state index contributed by atoms with van der Waals surface area (Å²) in [4.78, 5) is 48.6. The first kappa shape index (κ1) is 26.2. The third-order valence-corrected chi connectivity index (χ3v) is 8.34. The molecule has 0 atom stereocenters. The number of thiophene rings is 1. The van der Waals surface area contributed by atoms with E-state index in [-0.39, 0.29) is 39.3 Å². The number of anilines is 2. The number of nitrogens with zero attached hydrogens (tertiary/aromatic N) is 3. The first-order chi connectivity index (χ1) is 17.2. The molecule has 0 unspecified atom stereocenters. The van der Waals surface area contributed by atoms with Crippen molar-refractivity contribution in [2.75, 3.05) is 10.2 Å². The standard InChI is InChI=1S/C25H27ClN4O4S2/c1-13(2)30(24(32)15-6-4-14(3)5-7-15)19-9-20(36-21(19)25(33)34)16-8-17(26)22(27-10-16)29-23(31)18-11-35-12-28-18/h8-15H,4-7H2,1-3H3,(H,33,34)(H,27,29,31). The first-order valence-corrected chi connectivity index (χ1v) is 13.8. The molecule has 4 rings (SSSR count). The quantitative estimate of drug-likeness (QED) is 0.352. The summed E-state index contributed by atoms with van der Waals surface area (Å²) in [5.41, 5.74) is 2.80. The molecule has 3 aromatic rings. The average molecular weight is 547 g/mol. The van der Waals surface area contributed by atoms with Gasteiger partial charge >= 0.3 is 5.97 Å². The molecule has 8 nitrogen and oxygen atoms in total. The van der Waals surface area contributed by atoms with Gasteiger partial charge in [-0.15, -0.1) is 22.7 Å². The number of carboxylic acids is 1. The van der Waals surface area contributed by atoms with E-state index in [1.54, 1.807) is 27.9 Å². The van der Waals surface area contributed by atoms with Crippen LogP contribution in [0, 0.1) is 11.8 Å². The van der Waals surface area contributed by atoms with Gasteiger partial charge in [-0.05, 0) is 57.6 Å².